The Morgan fingerprint density at radius 2 is 2.00 bits per heavy atom. The van der Waals surface area contributed by atoms with Crippen LogP contribution in [0.25, 0.3) is 0 Å². The molecule has 1 N–H and O–H groups in total. The molecule has 2 aliphatic heterocycles. The predicted octanol–water partition coefficient (Wildman–Crippen LogP) is 3.35. The summed E-state index contributed by atoms with van der Waals surface area (Å²) in [6.07, 6.45) is 2.42. The number of hydrogen-bond acceptors (Lipinski definition) is 6. The molecule has 1 unspecified atom stereocenters. The van der Waals surface area contributed by atoms with E-state index in [2.05, 4.69) is 15.3 Å². The molecule has 8 nitrogen and oxygen atoms in total. The van der Waals surface area contributed by atoms with Crippen LogP contribution in [0.3, 0.4) is 0 Å². The molecule has 0 aliphatic carbocycles. The third-order valence-corrected chi connectivity index (χ3v) is 7.44. The summed E-state index contributed by atoms with van der Waals surface area (Å²) in [5.41, 5.74) is 4.38. The molecule has 2 aliphatic rings. The van der Waals surface area contributed by atoms with Crippen molar-refractivity contribution in [2.75, 3.05) is 23.3 Å². The largest absolute Gasteiger partial charge is 0.337 e. The Hall–Kier alpha value is -3.59. The molecule has 2 aromatic heterocycles. The summed E-state index contributed by atoms with van der Waals surface area (Å²) in [5, 5.41) is 3.31. The van der Waals surface area contributed by atoms with Gasteiger partial charge in [-0.15, -0.1) is 0 Å². The second kappa shape index (κ2) is 8.98. The van der Waals surface area contributed by atoms with E-state index in [1.54, 1.807) is 29.3 Å². The van der Waals surface area contributed by atoms with Gasteiger partial charge < -0.3 is 9.80 Å². The first kappa shape index (κ1) is 22.2. The van der Waals surface area contributed by atoms with Crippen molar-refractivity contribution in [2.24, 2.45) is 5.92 Å². The fourth-order valence-corrected chi connectivity index (χ4v) is 5.39. The molecule has 3 amide bonds. The van der Waals surface area contributed by atoms with Gasteiger partial charge in [-0.3, -0.25) is 24.7 Å². The second-order valence-electron chi connectivity index (χ2n) is 8.74. The zero-order valence-corrected chi connectivity index (χ0v) is 19.9. The van der Waals surface area contributed by atoms with E-state index in [1.807, 2.05) is 36.9 Å². The minimum atomic E-state index is -0.355. The molecule has 1 fully saturated rings. The summed E-state index contributed by atoms with van der Waals surface area (Å²) in [7, 11) is 0. The van der Waals surface area contributed by atoms with E-state index in [0.717, 1.165) is 21.8 Å². The molecule has 9 heteroatoms. The number of nitrogens with zero attached hydrogens (tertiary/aromatic N) is 4. The van der Waals surface area contributed by atoms with Crippen molar-refractivity contribution >= 4 is 39.9 Å². The number of hydrogen-bond donors (Lipinski definition) is 1. The summed E-state index contributed by atoms with van der Waals surface area (Å²) in [4.78, 5) is 51.5. The summed E-state index contributed by atoms with van der Waals surface area (Å²) < 4.78 is 0. The summed E-state index contributed by atoms with van der Waals surface area (Å²) >= 11 is 1.38. The molecule has 4 heterocycles. The lowest BCUT2D eigenvalue weighted by molar-refractivity contribution is -0.136. The van der Waals surface area contributed by atoms with Crippen molar-refractivity contribution in [1.29, 1.82) is 0 Å². The van der Waals surface area contributed by atoms with Crippen molar-refractivity contribution in [2.45, 2.75) is 33.2 Å². The van der Waals surface area contributed by atoms with Crippen LogP contribution in [0.15, 0.2) is 42.6 Å². The SMILES string of the molecule is Cc1ccc(N2CC(C(=O)N3CCc4nc(NC(=O)c5ccccn5)sc4C3)CC2=O)cc1C. The maximum atomic E-state index is 13.3. The summed E-state index contributed by atoms with van der Waals surface area (Å²) in [6.45, 7) is 5.46. The molecular formula is C25H25N5O3S. The van der Waals surface area contributed by atoms with E-state index in [9.17, 15) is 14.4 Å². The Balaban J connectivity index is 1.24. The van der Waals surface area contributed by atoms with Crippen molar-refractivity contribution in [3.63, 3.8) is 0 Å². The van der Waals surface area contributed by atoms with Gasteiger partial charge in [0.2, 0.25) is 11.8 Å². The maximum Gasteiger partial charge on any atom is 0.276 e. The van der Waals surface area contributed by atoms with Gasteiger partial charge >= 0.3 is 0 Å². The van der Waals surface area contributed by atoms with E-state index in [0.29, 0.717) is 36.9 Å². The number of thiazole rings is 1. The first-order valence-corrected chi connectivity index (χ1v) is 12.1. The van der Waals surface area contributed by atoms with Crippen molar-refractivity contribution in [3.05, 3.63) is 70.0 Å². The van der Waals surface area contributed by atoms with E-state index in [1.165, 1.54) is 16.9 Å². The van der Waals surface area contributed by atoms with E-state index >= 15 is 0 Å². The third kappa shape index (κ3) is 4.31. The molecule has 1 aromatic carbocycles. The highest BCUT2D eigenvalue weighted by Gasteiger charge is 2.38. The molecule has 1 atom stereocenters. The van der Waals surface area contributed by atoms with Crippen LogP contribution in [-0.2, 0) is 22.6 Å². The van der Waals surface area contributed by atoms with Gasteiger partial charge in [-0.1, -0.05) is 23.5 Å². The second-order valence-corrected chi connectivity index (χ2v) is 9.83. The summed E-state index contributed by atoms with van der Waals surface area (Å²) in [6, 6.07) is 11.1. The highest BCUT2D eigenvalue weighted by molar-refractivity contribution is 7.15. The van der Waals surface area contributed by atoms with E-state index in [-0.39, 0.29) is 30.1 Å². The van der Waals surface area contributed by atoms with E-state index < -0.39 is 0 Å². The average molecular weight is 476 g/mol. The number of pyridine rings is 1. The third-order valence-electron chi connectivity index (χ3n) is 6.44. The average Bonchev–Trinajstić information content (AvgIpc) is 3.43. The topological polar surface area (TPSA) is 95.5 Å². The van der Waals surface area contributed by atoms with Crippen molar-refractivity contribution in [1.82, 2.24) is 14.9 Å². The molecular weight excluding hydrogens is 450 g/mol. The van der Waals surface area contributed by atoms with Gasteiger partial charge in [0.1, 0.15) is 5.69 Å². The number of aryl methyl sites for hydroxylation is 2. The number of nitrogens with one attached hydrogen (secondary N) is 1. The Morgan fingerprint density at radius 1 is 1.15 bits per heavy atom. The van der Waals surface area contributed by atoms with Gasteiger partial charge in [0.25, 0.3) is 5.91 Å². The Morgan fingerprint density at radius 3 is 2.76 bits per heavy atom. The molecule has 0 spiro atoms. The quantitative estimate of drug-likeness (QED) is 0.624. The van der Waals surface area contributed by atoms with Crippen molar-refractivity contribution in [3.8, 4) is 0 Å². The molecule has 174 valence electrons. The summed E-state index contributed by atoms with van der Waals surface area (Å²) in [5.74, 6) is -0.683. The zero-order valence-electron chi connectivity index (χ0n) is 19.1. The fraction of sp³-hybridized carbons (Fsp3) is 0.320. The number of rotatable bonds is 4. The Bertz CT molecular complexity index is 1270. The minimum Gasteiger partial charge on any atom is -0.337 e. The maximum absolute atomic E-state index is 13.3. The monoisotopic (exact) mass is 475 g/mol. The molecule has 0 bridgehead atoms. The number of aromatic nitrogens is 2. The van der Waals surface area contributed by atoms with Crippen LogP contribution in [0, 0.1) is 19.8 Å². The van der Waals surface area contributed by atoms with Crippen LogP contribution in [0.1, 0.15) is 38.6 Å². The lowest BCUT2D eigenvalue weighted by atomic mass is 10.1. The van der Waals surface area contributed by atoms with Crippen LogP contribution < -0.4 is 10.2 Å². The lowest BCUT2D eigenvalue weighted by Gasteiger charge is -2.28. The first-order valence-electron chi connectivity index (χ1n) is 11.3. The fourth-order valence-electron chi connectivity index (χ4n) is 4.37. The normalized spacial score (nSPS) is 17.6. The van der Waals surface area contributed by atoms with Crippen LogP contribution in [0.4, 0.5) is 10.8 Å². The number of amides is 3. The number of benzene rings is 1. The van der Waals surface area contributed by atoms with Gasteiger partial charge in [0.05, 0.1) is 18.2 Å². The highest BCUT2D eigenvalue weighted by atomic mass is 32.1. The lowest BCUT2D eigenvalue weighted by Crippen LogP contribution is -2.40. The number of anilines is 2. The van der Waals surface area contributed by atoms with Gasteiger partial charge in [0, 0.05) is 42.7 Å². The van der Waals surface area contributed by atoms with Crippen LogP contribution in [-0.4, -0.2) is 45.7 Å². The molecule has 5 rings (SSSR count). The highest BCUT2D eigenvalue weighted by Crippen LogP contribution is 2.32. The van der Waals surface area contributed by atoms with Crippen molar-refractivity contribution < 1.29 is 14.4 Å². The first-order chi connectivity index (χ1) is 16.4. The predicted molar refractivity (Wildman–Crippen MR) is 130 cm³/mol. The van der Waals surface area contributed by atoms with Gasteiger partial charge in [-0.05, 0) is 49.2 Å². The molecule has 34 heavy (non-hydrogen) atoms. The molecule has 3 aromatic rings. The minimum absolute atomic E-state index is 0.00203. The number of carbonyl (C=O) groups excluding carboxylic acids is 3. The van der Waals surface area contributed by atoms with Crippen LogP contribution >= 0.6 is 11.3 Å². The number of carbonyl (C=O) groups is 3. The van der Waals surface area contributed by atoms with Gasteiger partial charge in [0.15, 0.2) is 5.13 Å². The van der Waals surface area contributed by atoms with Crippen LogP contribution in [0.2, 0.25) is 0 Å². The number of fused-ring (bicyclic) bond motifs is 1. The molecule has 0 radical (unpaired) electrons. The molecule has 1 saturated heterocycles. The van der Waals surface area contributed by atoms with Gasteiger partial charge in [-0.25, -0.2) is 4.98 Å². The Kier molecular flexibility index (Phi) is 5.87. The Labute approximate surface area is 201 Å². The zero-order chi connectivity index (χ0) is 23.8. The van der Waals surface area contributed by atoms with Gasteiger partial charge in [-0.2, -0.15) is 0 Å². The van der Waals surface area contributed by atoms with E-state index in [4.69, 9.17) is 0 Å². The standard InChI is InChI=1S/C25H25N5O3S/c1-15-6-7-18(11-16(15)2)30-13-17(12-22(30)31)24(33)29-10-8-19-21(14-29)34-25(27-19)28-23(32)20-5-3-4-9-26-20/h3-7,9,11,17H,8,10,12-14H2,1-2H3,(H,27,28,32). The smallest absolute Gasteiger partial charge is 0.276 e. The van der Waals surface area contributed by atoms with Crippen LogP contribution in [0.5, 0.6) is 0 Å². The molecule has 0 saturated carbocycles.